The van der Waals surface area contributed by atoms with Crippen molar-refractivity contribution in [3.8, 4) is 0 Å². The first kappa shape index (κ1) is 14.8. The second kappa shape index (κ2) is 6.72. The Labute approximate surface area is 118 Å². The molecule has 0 radical (unpaired) electrons. The molecule has 20 heavy (non-hydrogen) atoms. The van der Waals surface area contributed by atoms with Crippen LogP contribution >= 0.6 is 0 Å². The van der Waals surface area contributed by atoms with E-state index in [4.69, 9.17) is 4.74 Å². The summed E-state index contributed by atoms with van der Waals surface area (Å²) in [6.45, 7) is 0.395. The van der Waals surface area contributed by atoms with Crippen molar-refractivity contribution in [2.75, 3.05) is 20.2 Å². The van der Waals surface area contributed by atoms with Crippen LogP contribution in [0.4, 0.5) is 0 Å². The van der Waals surface area contributed by atoms with Crippen LogP contribution in [0.15, 0.2) is 0 Å². The van der Waals surface area contributed by atoms with Crippen molar-refractivity contribution in [1.29, 1.82) is 0 Å². The molecule has 1 atom stereocenters. The number of hydrogen-bond acceptors (Lipinski definition) is 4. The number of esters is 1. The quantitative estimate of drug-likeness (QED) is 0.760. The summed E-state index contributed by atoms with van der Waals surface area (Å²) in [5.41, 5.74) is 0. The van der Waals surface area contributed by atoms with Gasteiger partial charge in [-0.25, -0.2) is 0 Å². The molecular formula is C14H22N2O4. The molecule has 2 rings (SSSR count). The van der Waals surface area contributed by atoms with Gasteiger partial charge in [0.15, 0.2) is 0 Å². The molecule has 0 aromatic carbocycles. The van der Waals surface area contributed by atoms with Crippen molar-refractivity contribution in [3.63, 3.8) is 0 Å². The fourth-order valence-electron chi connectivity index (χ4n) is 2.98. The van der Waals surface area contributed by atoms with E-state index in [0.717, 1.165) is 25.7 Å². The Bertz CT molecular complexity index is 381. The number of piperidine rings is 1. The van der Waals surface area contributed by atoms with Crippen molar-refractivity contribution < 1.29 is 19.1 Å². The maximum Gasteiger partial charge on any atom is 0.325 e. The van der Waals surface area contributed by atoms with Crippen molar-refractivity contribution >= 4 is 17.8 Å². The minimum Gasteiger partial charge on any atom is -0.468 e. The van der Waals surface area contributed by atoms with Gasteiger partial charge in [-0.1, -0.05) is 12.8 Å². The molecule has 2 aliphatic rings. The van der Waals surface area contributed by atoms with Crippen molar-refractivity contribution in [2.45, 2.75) is 44.6 Å². The van der Waals surface area contributed by atoms with Crippen LogP contribution in [0, 0.1) is 5.92 Å². The number of methoxy groups -OCH3 is 1. The van der Waals surface area contributed by atoms with Gasteiger partial charge >= 0.3 is 5.97 Å². The SMILES string of the molecule is COC(=O)CN(C(=O)C1CCC(=O)NC1)C1CCCC1. The molecule has 6 nitrogen and oxygen atoms in total. The molecule has 1 N–H and O–H groups in total. The molecule has 1 unspecified atom stereocenters. The monoisotopic (exact) mass is 282 g/mol. The predicted molar refractivity (Wildman–Crippen MR) is 71.7 cm³/mol. The lowest BCUT2D eigenvalue weighted by molar-refractivity contribution is -0.151. The maximum absolute atomic E-state index is 12.6. The molecule has 2 amide bonds. The average Bonchev–Trinajstić information content (AvgIpc) is 2.98. The van der Waals surface area contributed by atoms with E-state index in [2.05, 4.69) is 5.32 Å². The van der Waals surface area contributed by atoms with Gasteiger partial charge in [0.1, 0.15) is 6.54 Å². The van der Waals surface area contributed by atoms with Crippen LogP contribution in [-0.4, -0.2) is 48.9 Å². The van der Waals surface area contributed by atoms with Gasteiger partial charge in [-0.3, -0.25) is 14.4 Å². The van der Waals surface area contributed by atoms with Crippen molar-refractivity contribution in [3.05, 3.63) is 0 Å². The van der Waals surface area contributed by atoms with Gasteiger partial charge in [0.25, 0.3) is 0 Å². The molecule has 1 aliphatic carbocycles. The molecule has 1 saturated heterocycles. The summed E-state index contributed by atoms with van der Waals surface area (Å²) in [5.74, 6) is -0.625. The Kier molecular flexibility index (Phi) is 4.98. The van der Waals surface area contributed by atoms with E-state index in [-0.39, 0.29) is 36.3 Å². The molecule has 1 aliphatic heterocycles. The molecule has 0 bridgehead atoms. The number of rotatable bonds is 4. The topological polar surface area (TPSA) is 75.7 Å². The van der Waals surface area contributed by atoms with E-state index in [9.17, 15) is 14.4 Å². The van der Waals surface area contributed by atoms with E-state index in [1.165, 1.54) is 7.11 Å². The highest BCUT2D eigenvalue weighted by Crippen LogP contribution is 2.26. The zero-order chi connectivity index (χ0) is 14.5. The van der Waals surface area contributed by atoms with E-state index in [1.807, 2.05) is 0 Å². The van der Waals surface area contributed by atoms with Gasteiger partial charge < -0.3 is 15.0 Å². The first-order valence-corrected chi connectivity index (χ1v) is 7.26. The average molecular weight is 282 g/mol. The molecule has 2 fully saturated rings. The second-order valence-electron chi connectivity index (χ2n) is 5.52. The number of hydrogen-bond donors (Lipinski definition) is 1. The van der Waals surface area contributed by atoms with Crippen LogP contribution in [0.1, 0.15) is 38.5 Å². The highest BCUT2D eigenvalue weighted by atomic mass is 16.5. The molecule has 112 valence electrons. The lowest BCUT2D eigenvalue weighted by Crippen LogP contribution is -2.49. The summed E-state index contributed by atoms with van der Waals surface area (Å²) in [4.78, 5) is 37.0. The van der Waals surface area contributed by atoms with Crippen LogP contribution < -0.4 is 5.32 Å². The largest absolute Gasteiger partial charge is 0.468 e. The fraction of sp³-hybridized carbons (Fsp3) is 0.786. The molecule has 1 saturated carbocycles. The molecule has 0 spiro atoms. The van der Waals surface area contributed by atoms with Crippen LogP contribution in [0.3, 0.4) is 0 Å². The number of nitrogens with one attached hydrogen (secondary N) is 1. The standard InChI is InChI=1S/C14H22N2O4/c1-20-13(18)9-16(11-4-2-3-5-11)14(19)10-6-7-12(17)15-8-10/h10-11H,2-9H2,1H3,(H,15,17). The summed E-state index contributed by atoms with van der Waals surface area (Å²) < 4.78 is 4.69. The van der Waals surface area contributed by atoms with Crippen LogP contribution in [0.5, 0.6) is 0 Å². The summed E-state index contributed by atoms with van der Waals surface area (Å²) in [7, 11) is 1.33. The zero-order valence-corrected chi connectivity index (χ0v) is 11.9. The normalized spacial score (nSPS) is 23.2. The number of carbonyl (C=O) groups is 3. The highest BCUT2D eigenvalue weighted by molar-refractivity contribution is 5.86. The Balaban J connectivity index is 2.02. The van der Waals surface area contributed by atoms with Gasteiger partial charge in [0.05, 0.1) is 13.0 Å². The summed E-state index contributed by atoms with van der Waals surface area (Å²) in [6, 6.07) is 0.138. The van der Waals surface area contributed by atoms with E-state index >= 15 is 0 Å². The van der Waals surface area contributed by atoms with E-state index in [0.29, 0.717) is 19.4 Å². The third-order valence-electron chi connectivity index (χ3n) is 4.19. The molecule has 0 aromatic rings. The van der Waals surface area contributed by atoms with Gasteiger partial charge in [0.2, 0.25) is 11.8 Å². The lowest BCUT2D eigenvalue weighted by atomic mass is 9.96. The maximum atomic E-state index is 12.6. The number of ether oxygens (including phenoxy) is 1. The number of nitrogens with zero attached hydrogens (tertiary/aromatic N) is 1. The van der Waals surface area contributed by atoms with Gasteiger partial charge in [0, 0.05) is 19.0 Å². The van der Waals surface area contributed by atoms with Crippen molar-refractivity contribution in [2.24, 2.45) is 5.92 Å². The van der Waals surface area contributed by atoms with Crippen LogP contribution in [0.2, 0.25) is 0 Å². The Morgan fingerprint density at radius 3 is 2.55 bits per heavy atom. The molecule has 6 heteroatoms. The first-order chi connectivity index (χ1) is 9.61. The minimum atomic E-state index is -0.384. The van der Waals surface area contributed by atoms with Crippen molar-refractivity contribution in [1.82, 2.24) is 10.2 Å². The first-order valence-electron chi connectivity index (χ1n) is 7.26. The fourth-order valence-corrected chi connectivity index (χ4v) is 2.98. The molecule has 0 aromatic heterocycles. The Hall–Kier alpha value is -1.59. The molecular weight excluding hydrogens is 260 g/mol. The zero-order valence-electron chi connectivity index (χ0n) is 11.9. The van der Waals surface area contributed by atoms with Gasteiger partial charge in [-0.2, -0.15) is 0 Å². The summed E-state index contributed by atoms with van der Waals surface area (Å²) in [6.07, 6.45) is 5.03. The number of amides is 2. The van der Waals surface area contributed by atoms with Gasteiger partial charge in [-0.15, -0.1) is 0 Å². The van der Waals surface area contributed by atoms with E-state index in [1.54, 1.807) is 4.90 Å². The Morgan fingerprint density at radius 2 is 2.00 bits per heavy atom. The highest BCUT2D eigenvalue weighted by Gasteiger charge is 2.34. The predicted octanol–water partition coefficient (Wildman–Crippen LogP) is 0.457. The minimum absolute atomic E-state index is 0.00515. The lowest BCUT2D eigenvalue weighted by Gasteiger charge is -2.32. The Morgan fingerprint density at radius 1 is 1.30 bits per heavy atom. The van der Waals surface area contributed by atoms with Gasteiger partial charge in [-0.05, 0) is 19.3 Å². The summed E-state index contributed by atoms with van der Waals surface area (Å²) in [5, 5.41) is 2.72. The summed E-state index contributed by atoms with van der Waals surface area (Å²) >= 11 is 0. The number of carbonyl (C=O) groups excluding carboxylic acids is 3. The smallest absolute Gasteiger partial charge is 0.325 e. The van der Waals surface area contributed by atoms with Crippen LogP contribution in [-0.2, 0) is 19.1 Å². The molecule has 1 heterocycles. The third-order valence-corrected chi connectivity index (χ3v) is 4.19. The van der Waals surface area contributed by atoms with Crippen LogP contribution in [0.25, 0.3) is 0 Å². The van der Waals surface area contributed by atoms with E-state index < -0.39 is 0 Å². The second-order valence-corrected chi connectivity index (χ2v) is 5.52. The third kappa shape index (κ3) is 3.49.